The first-order chi connectivity index (χ1) is 11.3. The molecule has 0 unspecified atom stereocenters. The van der Waals surface area contributed by atoms with E-state index in [0.717, 1.165) is 5.75 Å². The maximum atomic E-state index is 12.1. The standard InChI is InChI=1S/C15H19N3O3S3/c1-18(2)14-6-5-12(24(16,20)21)8-13(14)17-15(19)10-22-9-11-4-3-7-23-11/h3-8H,9-10H2,1-2H3,(H,17,19)(H2,16,20,21). The number of benzene rings is 1. The number of hydrogen-bond donors (Lipinski definition) is 2. The molecular formula is C15H19N3O3S3. The minimum Gasteiger partial charge on any atom is -0.376 e. The molecule has 0 aliphatic carbocycles. The lowest BCUT2D eigenvalue weighted by Gasteiger charge is -2.18. The van der Waals surface area contributed by atoms with Gasteiger partial charge in [-0.15, -0.1) is 23.1 Å². The molecule has 1 aromatic heterocycles. The fourth-order valence-corrected chi connectivity index (χ4v) is 4.22. The Morgan fingerprint density at radius 3 is 2.67 bits per heavy atom. The predicted octanol–water partition coefficient (Wildman–Crippen LogP) is 2.33. The van der Waals surface area contributed by atoms with E-state index in [2.05, 4.69) is 5.32 Å². The van der Waals surface area contributed by atoms with Crippen molar-refractivity contribution in [2.75, 3.05) is 30.1 Å². The molecule has 0 aliphatic heterocycles. The molecule has 0 radical (unpaired) electrons. The predicted molar refractivity (Wildman–Crippen MR) is 101 cm³/mol. The van der Waals surface area contributed by atoms with Crippen molar-refractivity contribution in [3.63, 3.8) is 0 Å². The summed E-state index contributed by atoms with van der Waals surface area (Å²) in [5.41, 5.74) is 1.13. The number of carbonyl (C=O) groups excluding carboxylic acids is 1. The molecule has 2 aromatic rings. The number of hydrogen-bond acceptors (Lipinski definition) is 6. The molecule has 0 atom stereocenters. The van der Waals surface area contributed by atoms with Crippen molar-refractivity contribution in [1.82, 2.24) is 0 Å². The molecule has 9 heteroatoms. The summed E-state index contributed by atoms with van der Waals surface area (Å²) in [6, 6.07) is 8.42. The molecule has 0 fully saturated rings. The van der Waals surface area contributed by atoms with Crippen LogP contribution in [0.2, 0.25) is 0 Å². The zero-order chi connectivity index (χ0) is 17.7. The smallest absolute Gasteiger partial charge is 0.238 e. The van der Waals surface area contributed by atoms with Gasteiger partial charge in [-0.3, -0.25) is 4.79 Å². The van der Waals surface area contributed by atoms with Crippen molar-refractivity contribution in [3.8, 4) is 0 Å². The van der Waals surface area contributed by atoms with Crippen molar-refractivity contribution < 1.29 is 13.2 Å². The second kappa shape index (κ2) is 8.02. The Labute approximate surface area is 150 Å². The molecule has 1 amide bonds. The molecule has 24 heavy (non-hydrogen) atoms. The Kier molecular flexibility index (Phi) is 6.27. The van der Waals surface area contributed by atoms with E-state index in [9.17, 15) is 13.2 Å². The monoisotopic (exact) mass is 385 g/mol. The van der Waals surface area contributed by atoms with Gasteiger partial charge in [0.05, 0.1) is 22.0 Å². The fraction of sp³-hybridized carbons (Fsp3) is 0.267. The summed E-state index contributed by atoms with van der Waals surface area (Å²) in [5.74, 6) is 0.860. The normalized spacial score (nSPS) is 11.3. The van der Waals surface area contributed by atoms with Gasteiger partial charge in [-0.2, -0.15) is 0 Å². The van der Waals surface area contributed by atoms with Crippen LogP contribution in [0.1, 0.15) is 4.88 Å². The van der Waals surface area contributed by atoms with Gasteiger partial charge >= 0.3 is 0 Å². The van der Waals surface area contributed by atoms with Gasteiger partial charge in [0.15, 0.2) is 0 Å². The van der Waals surface area contributed by atoms with E-state index in [-0.39, 0.29) is 16.6 Å². The van der Waals surface area contributed by atoms with E-state index >= 15 is 0 Å². The maximum absolute atomic E-state index is 12.1. The number of rotatable bonds is 7. The molecule has 3 N–H and O–H groups in total. The number of thioether (sulfide) groups is 1. The van der Waals surface area contributed by atoms with Gasteiger partial charge in [0.2, 0.25) is 15.9 Å². The molecule has 0 saturated heterocycles. The second-order valence-electron chi connectivity index (χ2n) is 5.24. The third-order valence-corrected chi connectivity index (χ3v) is 6.06. The Hall–Kier alpha value is -1.55. The van der Waals surface area contributed by atoms with Gasteiger partial charge in [0.25, 0.3) is 0 Å². The van der Waals surface area contributed by atoms with Crippen molar-refractivity contribution >= 4 is 50.4 Å². The summed E-state index contributed by atoms with van der Waals surface area (Å²) in [6.07, 6.45) is 0. The van der Waals surface area contributed by atoms with Crippen LogP contribution in [0.4, 0.5) is 11.4 Å². The minimum atomic E-state index is -3.82. The first kappa shape index (κ1) is 18.8. The van der Waals surface area contributed by atoms with Crippen LogP contribution in [0.3, 0.4) is 0 Å². The van der Waals surface area contributed by atoms with E-state index in [4.69, 9.17) is 5.14 Å². The number of carbonyl (C=O) groups is 1. The number of nitrogens with two attached hydrogens (primary N) is 1. The molecule has 0 aliphatic rings. The highest BCUT2D eigenvalue weighted by Gasteiger charge is 2.14. The van der Waals surface area contributed by atoms with E-state index in [1.54, 1.807) is 22.3 Å². The Morgan fingerprint density at radius 2 is 2.08 bits per heavy atom. The van der Waals surface area contributed by atoms with Gasteiger partial charge in [-0.25, -0.2) is 13.6 Å². The molecule has 1 aromatic carbocycles. The summed E-state index contributed by atoms with van der Waals surface area (Å²) in [6.45, 7) is 0. The molecule has 0 spiro atoms. The average Bonchev–Trinajstić information content (AvgIpc) is 2.99. The Bertz CT molecular complexity index is 803. The quantitative estimate of drug-likeness (QED) is 0.763. The van der Waals surface area contributed by atoms with Crippen LogP contribution in [0.5, 0.6) is 0 Å². The number of primary sulfonamides is 1. The highest BCUT2D eigenvalue weighted by molar-refractivity contribution is 7.99. The zero-order valence-electron chi connectivity index (χ0n) is 13.4. The summed E-state index contributed by atoms with van der Waals surface area (Å²) < 4.78 is 23.0. The first-order valence-electron chi connectivity index (χ1n) is 7.01. The minimum absolute atomic E-state index is 0.0327. The largest absolute Gasteiger partial charge is 0.376 e. The van der Waals surface area contributed by atoms with Gasteiger partial charge in [0.1, 0.15) is 0 Å². The van der Waals surface area contributed by atoms with Gasteiger partial charge < -0.3 is 10.2 Å². The van der Waals surface area contributed by atoms with Crippen LogP contribution in [-0.2, 0) is 20.6 Å². The number of amides is 1. The lowest BCUT2D eigenvalue weighted by molar-refractivity contribution is -0.113. The first-order valence-corrected chi connectivity index (χ1v) is 10.6. The molecule has 130 valence electrons. The van der Waals surface area contributed by atoms with E-state index < -0.39 is 10.0 Å². The van der Waals surface area contributed by atoms with Gasteiger partial charge in [0, 0.05) is 24.7 Å². The van der Waals surface area contributed by atoms with Crippen molar-refractivity contribution in [1.29, 1.82) is 0 Å². The Morgan fingerprint density at radius 1 is 1.33 bits per heavy atom. The highest BCUT2D eigenvalue weighted by Crippen LogP contribution is 2.27. The van der Waals surface area contributed by atoms with E-state index in [1.165, 1.54) is 28.8 Å². The fourth-order valence-electron chi connectivity index (χ4n) is 2.01. The summed E-state index contributed by atoms with van der Waals surface area (Å²) in [7, 11) is -0.198. The average molecular weight is 386 g/mol. The topological polar surface area (TPSA) is 92.5 Å². The maximum Gasteiger partial charge on any atom is 0.238 e. The summed E-state index contributed by atoms with van der Waals surface area (Å²) >= 11 is 3.15. The van der Waals surface area contributed by atoms with Crippen LogP contribution < -0.4 is 15.4 Å². The number of sulfonamides is 1. The summed E-state index contributed by atoms with van der Waals surface area (Å²) in [4.78, 5) is 15.1. The third-order valence-electron chi connectivity index (χ3n) is 3.11. The molecule has 0 bridgehead atoms. The molecule has 1 heterocycles. The zero-order valence-corrected chi connectivity index (χ0v) is 15.8. The van der Waals surface area contributed by atoms with Crippen LogP contribution in [-0.4, -0.2) is 34.2 Å². The molecular weight excluding hydrogens is 366 g/mol. The summed E-state index contributed by atoms with van der Waals surface area (Å²) in [5, 5.41) is 9.92. The van der Waals surface area contributed by atoms with E-state index in [1.807, 2.05) is 31.6 Å². The van der Waals surface area contributed by atoms with Crippen LogP contribution >= 0.6 is 23.1 Å². The lowest BCUT2D eigenvalue weighted by Crippen LogP contribution is -2.19. The Balaban J connectivity index is 2.07. The number of nitrogens with zero attached hydrogens (tertiary/aromatic N) is 1. The molecule has 6 nitrogen and oxygen atoms in total. The molecule has 2 rings (SSSR count). The number of thiophene rings is 1. The van der Waals surface area contributed by atoms with Crippen molar-refractivity contribution in [3.05, 3.63) is 40.6 Å². The lowest BCUT2D eigenvalue weighted by atomic mass is 10.2. The SMILES string of the molecule is CN(C)c1ccc(S(N)(=O)=O)cc1NC(=O)CSCc1cccs1. The van der Waals surface area contributed by atoms with Crippen molar-refractivity contribution in [2.24, 2.45) is 5.14 Å². The second-order valence-corrected chi connectivity index (χ2v) is 8.82. The van der Waals surface area contributed by atoms with Crippen LogP contribution in [0, 0.1) is 0 Å². The number of anilines is 2. The molecule has 0 saturated carbocycles. The van der Waals surface area contributed by atoms with Crippen LogP contribution in [0.15, 0.2) is 40.6 Å². The van der Waals surface area contributed by atoms with Gasteiger partial charge in [-0.05, 0) is 29.6 Å². The van der Waals surface area contributed by atoms with E-state index in [0.29, 0.717) is 11.4 Å². The highest BCUT2D eigenvalue weighted by atomic mass is 32.2. The van der Waals surface area contributed by atoms with Crippen molar-refractivity contribution in [2.45, 2.75) is 10.6 Å². The van der Waals surface area contributed by atoms with Crippen LogP contribution in [0.25, 0.3) is 0 Å². The number of nitrogens with one attached hydrogen (secondary N) is 1. The van der Waals surface area contributed by atoms with Gasteiger partial charge in [-0.1, -0.05) is 6.07 Å². The third kappa shape index (κ3) is 5.23.